The molecule has 0 saturated heterocycles. The average Bonchev–Trinajstić information content (AvgIpc) is 3.94. The van der Waals surface area contributed by atoms with E-state index in [2.05, 4.69) is 258 Å². The van der Waals surface area contributed by atoms with E-state index in [-0.39, 0.29) is 31.9 Å². The summed E-state index contributed by atoms with van der Waals surface area (Å²) in [4.78, 5) is 5.17. The number of pyridine rings is 1. The molecule has 366 valence electrons. The van der Waals surface area contributed by atoms with Gasteiger partial charge in [0.05, 0.1) is 16.7 Å². The zero-order valence-corrected chi connectivity index (χ0v) is 45.3. The Morgan fingerprint density at radius 1 is 0.534 bits per heavy atom. The SMILES string of the molecule is CC(C)C(C)c1cc(-n2c3[c-]c(Oc4[c-]c(-n5[c-][n+](-c6c(-c7ccccc7)cccc6-c6cc(C(C)(C)C)cc(C(C)(C)C)c6)c6ccccc65)ccc4)ccc3c3ccccc32)ncc1-c1ccccc1.[Pt]. The molecule has 0 aliphatic carbocycles. The molecule has 3 aromatic heterocycles. The van der Waals surface area contributed by atoms with Crippen molar-refractivity contribution in [1.29, 1.82) is 0 Å². The molecule has 5 nitrogen and oxygen atoms in total. The van der Waals surface area contributed by atoms with Crippen molar-refractivity contribution in [3.8, 4) is 62.1 Å². The van der Waals surface area contributed by atoms with Gasteiger partial charge in [0.1, 0.15) is 5.82 Å². The van der Waals surface area contributed by atoms with Gasteiger partial charge in [0, 0.05) is 49.8 Å². The van der Waals surface area contributed by atoms with Crippen LogP contribution in [-0.4, -0.2) is 14.1 Å². The van der Waals surface area contributed by atoms with Gasteiger partial charge in [-0.05, 0) is 90.4 Å². The number of rotatable bonds is 10. The minimum atomic E-state index is -0.0459. The predicted octanol–water partition coefficient (Wildman–Crippen LogP) is 16.9. The molecule has 1 atom stereocenters. The van der Waals surface area contributed by atoms with Crippen LogP contribution in [-0.2, 0) is 31.9 Å². The number of nitrogens with zero attached hydrogens (tertiary/aromatic N) is 4. The summed E-state index contributed by atoms with van der Waals surface area (Å²) < 4.78 is 13.3. The summed E-state index contributed by atoms with van der Waals surface area (Å²) in [5.74, 6) is 2.75. The molecular formula is C67H60N4OPt-2. The van der Waals surface area contributed by atoms with Gasteiger partial charge in [0.25, 0.3) is 6.33 Å². The Balaban J connectivity index is 0.00000611. The molecule has 0 bridgehead atoms. The molecule has 0 fully saturated rings. The van der Waals surface area contributed by atoms with E-state index < -0.39 is 0 Å². The summed E-state index contributed by atoms with van der Waals surface area (Å²) in [7, 11) is 0. The molecule has 0 aliphatic rings. The Morgan fingerprint density at radius 2 is 1.12 bits per heavy atom. The van der Waals surface area contributed by atoms with E-state index in [9.17, 15) is 0 Å². The molecule has 0 N–H and O–H groups in total. The Labute approximate surface area is 445 Å². The van der Waals surface area contributed by atoms with E-state index in [0.29, 0.717) is 23.3 Å². The fraction of sp³-hybridized carbons (Fsp3) is 0.194. The number of hydrogen-bond donors (Lipinski definition) is 0. The number of hydrogen-bond acceptors (Lipinski definition) is 2. The number of imidazole rings is 1. The molecule has 11 aromatic rings. The first-order valence-corrected chi connectivity index (χ1v) is 25.2. The van der Waals surface area contributed by atoms with Crippen molar-refractivity contribution in [3.63, 3.8) is 0 Å². The van der Waals surface area contributed by atoms with Gasteiger partial charge >= 0.3 is 0 Å². The van der Waals surface area contributed by atoms with E-state index in [0.717, 1.165) is 72.3 Å². The minimum absolute atomic E-state index is 0. The van der Waals surface area contributed by atoms with E-state index in [4.69, 9.17) is 9.72 Å². The smallest absolute Gasteiger partial charge is 0.268 e. The molecule has 0 saturated carbocycles. The van der Waals surface area contributed by atoms with Gasteiger partial charge < -0.3 is 13.9 Å². The van der Waals surface area contributed by atoms with Crippen LogP contribution in [0.15, 0.2) is 188 Å². The summed E-state index contributed by atoms with van der Waals surface area (Å²) in [5.41, 5.74) is 16.5. The van der Waals surface area contributed by atoms with Crippen molar-refractivity contribution >= 4 is 32.8 Å². The first-order valence-electron chi connectivity index (χ1n) is 25.2. The zero-order chi connectivity index (χ0) is 49.9. The molecule has 0 radical (unpaired) electrons. The third-order valence-corrected chi connectivity index (χ3v) is 14.4. The molecule has 3 heterocycles. The van der Waals surface area contributed by atoms with E-state index in [1.807, 2.05) is 24.4 Å². The number of benzene rings is 8. The van der Waals surface area contributed by atoms with Gasteiger partial charge in [0.15, 0.2) is 0 Å². The number of para-hydroxylation sites is 4. The zero-order valence-electron chi connectivity index (χ0n) is 43.1. The van der Waals surface area contributed by atoms with Crippen molar-refractivity contribution in [1.82, 2.24) is 14.1 Å². The average molecular weight is 1130 g/mol. The predicted molar refractivity (Wildman–Crippen MR) is 297 cm³/mol. The molecule has 0 aliphatic heterocycles. The second-order valence-corrected chi connectivity index (χ2v) is 21.6. The summed E-state index contributed by atoms with van der Waals surface area (Å²) in [6, 6.07) is 72.0. The Kier molecular flexibility index (Phi) is 13.2. The molecule has 0 amide bonds. The molecule has 0 spiro atoms. The minimum Gasteiger partial charge on any atom is -0.510 e. The van der Waals surface area contributed by atoms with E-state index in [1.54, 1.807) is 0 Å². The Morgan fingerprint density at radius 3 is 1.79 bits per heavy atom. The Hall–Kier alpha value is -7.33. The molecule has 73 heavy (non-hydrogen) atoms. The normalized spacial score (nSPS) is 12.4. The topological polar surface area (TPSA) is 35.9 Å². The maximum Gasteiger partial charge on any atom is 0.268 e. The second-order valence-electron chi connectivity index (χ2n) is 21.6. The summed E-state index contributed by atoms with van der Waals surface area (Å²) in [5, 5.41) is 2.21. The van der Waals surface area contributed by atoms with E-state index >= 15 is 0 Å². The van der Waals surface area contributed by atoms with Crippen LogP contribution in [0.5, 0.6) is 11.5 Å². The molecule has 8 aromatic carbocycles. The first kappa shape index (κ1) is 49.3. The van der Waals surface area contributed by atoms with Gasteiger partial charge in [-0.2, -0.15) is 18.2 Å². The standard InChI is InChI=1S/C67H60N4O.Pt/c1-44(2)45(3)58-41-64(68-42-59(58)47-24-14-11-15-25-47)71-60-31-17-16-28-56(60)57-35-34-53(40-63(57)71)72-52-27-20-26-51(39-52)69-43-70(62-33-19-18-32-61(62)69)65-54(46-22-12-10-13-23-46)29-21-30-55(65)48-36-49(66(4,5)6)38-50(37-48)67(7,8)9;/h10-38,41-42,44-45H,1-9H3;/q-2;. The van der Waals surface area contributed by atoms with Gasteiger partial charge in [0.2, 0.25) is 0 Å². The molecule has 6 heteroatoms. The number of fused-ring (bicyclic) bond motifs is 4. The van der Waals surface area contributed by atoms with Crippen LogP contribution in [0.25, 0.3) is 83.4 Å². The fourth-order valence-electron chi connectivity index (χ4n) is 10.0. The monoisotopic (exact) mass is 1130 g/mol. The van der Waals surface area contributed by atoms with Crippen LogP contribution in [0.1, 0.15) is 84.9 Å². The second kappa shape index (κ2) is 19.6. The van der Waals surface area contributed by atoms with Gasteiger partial charge in [-0.25, -0.2) is 4.98 Å². The Bertz CT molecular complexity index is 3760. The van der Waals surface area contributed by atoms with Crippen LogP contribution < -0.4 is 9.30 Å². The fourth-order valence-corrected chi connectivity index (χ4v) is 10.0. The molecular weight excluding hydrogens is 1070 g/mol. The van der Waals surface area contributed by atoms with Gasteiger partial charge in [-0.3, -0.25) is 4.57 Å². The van der Waals surface area contributed by atoms with Crippen molar-refractivity contribution in [2.24, 2.45) is 5.92 Å². The first-order chi connectivity index (χ1) is 34.7. The third-order valence-electron chi connectivity index (χ3n) is 14.4. The van der Waals surface area contributed by atoms with Crippen LogP contribution in [0.3, 0.4) is 0 Å². The van der Waals surface area contributed by atoms with Crippen molar-refractivity contribution in [2.45, 2.75) is 79.1 Å². The molecule has 1 unspecified atom stereocenters. The van der Waals surface area contributed by atoms with Crippen LogP contribution in [0, 0.1) is 24.4 Å². The van der Waals surface area contributed by atoms with Crippen LogP contribution in [0.4, 0.5) is 0 Å². The number of ether oxygens (including phenoxy) is 1. The maximum atomic E-state index is 6.76. The van der Waals surface area contributed by atoms with Gasteiger partial charge in [-0.1, -0.05) is 207 Å². The summed E-state index contributed by atoms with van der Waals surface area (Å²) in [6.45, 7) is 20.7. The van der Waals surface area contributed by atoms with E-state index in [1.165, 1.54) is 27.8 Å². The largest absolute Gasteiger partial charge is 0.510 e. The molecule has 11 rings (SSSR count). The third kappa shape index (κ3) is 9.37. The number of aromatic nitrogens is 4. The quantitative estimate of drug-likeness (QED) is 0.101. The van der Waals surface area contributed by atoms with Crippen molar-refractivity contribution in [3.05, 3.63) is 223 Å². The maximum absolute atomic E-state index is 6.76. The van der Waals surface area contributed by atoms with Crippen LogP contribution >= 0.6 is 0 Å². The van der Waals surface area contributed by atoms with Crippen molar-refractivity contribution < 1.29 is 30.4 Å². The van der Waals surface area contributed by atoms with Crippen LogP contribution in [0.2, 0.25) is 0 Å². The summed E-state index contributed by atoms with van der Waals surface area (Å²) >= 11 is 0. The van der Waals surface area contributed by atoms with Crippen molar-refractivity contribution in [2.75, 3.05) is 0 Å². The summed E-state index contributed by atoms with van der Waals surface area (Å²) in [6.07, 6.45) is 5.89. The van der Waals surface area contributed by atoms with Gasteiger partial charge in [-0.15, -0.1) is 29.7 Å².